The lowest BCUT2D eigenvalue weighted by molar-refractivity contribution is 0.787. The van der Waals surface area contributed by atoms with Gasteiger partial charge in [0.1, 0.15) is 11.6 Å². The van der Waals surface area contributed by atoms with Crippen LogP contribution in [0.15, 0.2) is 54.7 Å². The third-order valence-electron chi connectivity index (χ3n) is 7.56. The normalized spacial score (nSPS) is 13.3. The molecule has 2 N–H and O–H groups in total. The maximum Gasteiger partial charge on any atom is 0.109 e. The van der Waals surface area contributed by atoms with E-state index < -0.39 is 0 Å². The number of aryl methyl sites for hydroxylation is 2. The van der Waals surface area contributed by atoms with Gasteiger partial charge in [0, 0.05) is 39.8 Å². The number of nitrogens with one attached hydrogen (secondary N) is 2. The van der Waals surface area contributed by atoms with E-state index in [1.165, 1.54) is 39.0 Å². The van der Waals surface area contributed by atoms with Crippen molar-refractivity contribution < 1.29 is 0 Å². The Morgan fingerprint density at radius 1 is 0.722 bits per heavy atom. The van der Waals surface area contributed by atoms with Gasteiger partial charge in [-0.2, -0.15) is 0 Å². The van der Waals surface area contributed by atoms with Crippen LogP contribution in [0.4, 0.5) is 0 Å². The Kier molecular flexibility index (Phi) is 4.59. The fraction of sp³-hybridized carbons (Fsp3) is 0.258. The first-order valence-corrected chi connectivity index (χ1v) is 12.9. The maximum absolute atomic E-state index is 4.95. The van der Waals surface area contributed by atoms with Gasteiger partial charge in [-0.15, -0.1) is 0 Å². The van der Waals surface area contributed by atoms with Gasteiger partial charge in [-0.1, -0.05) is 58.0 Å². The first-order chi connectivity index (χ1) is 17.5. The first kappa shape index (κ1) is 21.3. The molecular formula is C31H29N5. The molecule has 1 aliphatic rings. The number of benzene rings is 3. The number of hydrogen-bond donors (Lipinski definition) is 2. The highest BCUT2D eigenvalue weighted by Gasteiger charge is 2.22. The Labute approximate surface area is 210 Å². The second-order valence-corrected chi connectivity index (χ2v) is 10.6. The minimum atomic E-state index is 0.334. The van der Waals surface area contributed by atoms with Crippen LogP contribution in [0.3, 0.4) is 0 Å². The molecule has 0 fully saturated rings. The molecule has 178 valence electrons. The number of aromatic amines is 2. The molecule has 36 heavy (non-hydrogen) atoms. The van der Waals surface area contributed by atoms with Gasteiger partial charge in [-0.05, 0) is 47.7 Å². The third kappa shape index (κ3) is 3.12. The van der Waals surface area contributed by atoms with Gasteiger partial charge in [0.05, 0.1) is 27.9 Å². The van der Waals surface area contributed by atoms with Crippen LogP contribution in [0.1, 0.15) is 62.4 Å². The Balaban J connectivity index is 1.40. The van der Waals surface area contributed by atoms with Crippen molar-refractivity contribution in [1.82, 2.24) is 24.9 Å². The number of rotatable bonds is 3. The highest BCUT2D eigenvalue weighted by Crippen LogP contribution is 2.38. The van der Waals surface area contributed by atoms with Crippen LogP contribution < -0.4 is 0 Å². The number of nitrogens with zero attached hydrogens (tertiary/aromatic N) is 3. The number of aromatic nitrogens is 5. The molecule has 7 rings (SSSR count). The summed E-state index contributed by atoms with van der Waals surface area (Å²) in [7, 11) is 0. The number of hydrogen-bond acceptors (Lipinski definition) is 3. The largest absolute Gasteiger partial charge is 0.342 e. The predicted molar refractivity (Wildman–Crippen MR) is 148 cm³/mol. The van der Waals surface area contributed by atoms with Gasteiger partial charge in [-0.3, -0.25) is 4.98 Å². The van der Waals surface area contributed by atoms with Crippen molar-refractivity contribution in [1.29, 1.82) is 0 Å². The van der Waals surface area contributed by atoms with E-state index in [-0.39, 0.29) is 0 Å². The van der Waals surface area contributed by atoms with Crippen LogP contribution >= 0.6 is 0 Å². The van der Waals surface area contributed by atoms with Gasteiger partial charge in [0.2, 0.25) is 0 Å². The molecule has 0 amide bonds. The van der Waals surface area contributed by atoms with E-state index in [2.05, 4.69) is 80.1 Å². The number of imidazole rings is 2. The number of H-pyrrole nitrogens is 2. The lowest BCUT2D eigenvalue weighted by Gasteiger charge is -2.17. The van der Waals surface area contributed by atoms with Crippen molar-refractivity contribution in [2.75, 3.05) is 0 Å². The summed E-state index contributed by atoms with van der Waals surface area (Å²) in [4.78, 5) is 21.8. The SMILES string of the molecule is CC(C)c1nc2c([nH]1)-c1ccc(-c3ccc4c(c3)c3ncccc3c3nc(C(C)C)[nH]c43)cc1CC2. The average molecular weight is 472 g/mol. The Morgan fingerprint density at radius 2 is 1.50 bits per heavy atom. The zero-order chi connectivity index (χ0) is 24.6. The lowest BCUT2D eigenvalue weighted by atomic mass is 9.89. The standard InChI is InChI=1S/C31H29N5/c1-16(2)30-33-25-12-9-20-14-18(7-10-21(20)27(25)34-30)19-8-11-22-24(15-19)26-23(6-5-13-32-26)29-28(22)35-31(36-29)17(3)4/h5-8,10-11,13-17H,9,12H2,1-4H3,(H,33,34)(H,35,36). The van der Waals surface area contributed by atoms with E-state index in [1.807, 2.05) is 12.3 Å². The van der Waals surface area contributed by atoms with Gasteiger partial charge < -0.3 is 9.97 Å². The van der Waals surface area contributed by atoms with Crippen LogP contribution in [0.25, 0.3) is 55.1 Å². The summed E-state index contributed by atoms with van der Waals surface area (Å²) in [5, 5.41) is 3.42. The third-order valence-corrected chi connectivity index (χ3v) is 7.56. The van der Waals surface area contributed by atoms with Crippen LogP contribution in [-0.4, -0.2) is 24.9 Å². The van der Waals surface area contributed by atoms with E-state index in [1.54, 1.807) is 0 Å². The minimum Gasteiger partial charge on any atom is -0.342 e. The molecule has 0 radical (unpaired) electrons. The molecule has 0 aliphatic heterocycles. The topological polar surface area (TPSA) is 70.2 Å². The summed E-state index contributed by atoms with van der Waals surface area (Å²) < 4.78 is 0. The molecule has 5 nitrogen and oxygen atoms in total. The summed E-state index contributed by atoms with van der Waals surface area (Å²) in [6, 6.07) is 17.7. The summed E-state index contributed by atoms with van der Waals surface area (Å²) in [6.07, 6.45) is 3.88. The average Bonchev–Trinajstić information content (AvgIpc) is 3.54. The van der Waals surface area contributed by atoms with Gasteiger partial charge >= 0.3 is 0 Å². The molecule has 5 heteroatoms. The van der Waals surface area contributed by atoms with Gasteiger partial charge in [0.25, 0.3) is 0 Å². The van der Waals surface area contributed by atoms with Crippen molar-refractivity contribution in [2.45, 2.75) is 52.4 Å². The quantitative estimate of drug-likeness (QED) is 0.260. The molecular weight excluding hydrogens is 442 g/mol. The van der Waals surface area contributed by atoms with Gasteiger partial charge in [-0.25, -0.2) is 9.97 Å². The van der Waals surface area contributed by atoms with E-state index in [4.69, 9.17) is 15.0 Å². The van der Waals surface area contributed by atoms with Crippen LogP contribution in [0.5, 0.6) is 0 Å². The van der Waals surface area contributed by atoms with Crippen LogP contribution in [0, 0.1) is 0 Å². The molecule has 0 spiro atoms. The monoisotopic (exact) mass is 471 g/mol. The molecule has 1 aliphatic carbocycles. The molecule has 0 atom stereocenters. The van der Waals surface area contributed by atoms with E-state index in [9.17, 15) is 0 Å². The predicted octanol–water partition coefficient (Wildman–Crippen LogP) is 7.67. The Morgan fingerprint density at radius 3 is 2.33 bits per heavy atom. The van der Waals surface area contributed by atoms with E-state index in [0.29, 0.717) is 11.8 Å². The van der Waals surface area contributed by atoms with Crippen molar-refractivity contribution in [3.8, 4) is 22.4 Å². The molecule has 0 bridgehead atoms. The summed E-state index contributed by atoms with van der Waals surface area (Å²) in [5.41, 5.74) is 10.6. The maximum atomic E-state index is 4.95. The van der Waals surface area contributed by atoms with Crippen molar-refractivity contribution in [3.63, 3.8) is 0 Å². The van der Waals surface area contributed by atoms with Gasteiger partial charge in [0.15, 0.2) is 0 Å². The number of pyridine rings is 1. The van der Waals surface area contributed by atoms with Crippen molar-refractivity contribution in [2.24, 2.45) is 0 Å². The molecule has 6 aromatic rings. The summed E-state index contributed by atoms with van der Waals surface area (Å²) in [5.74, 6) is 2.83. The fourth-order valence-electron chi connectivity index (χ4n) is 5.59. The second kappa shape index (κ2) is 7.76. The summed E-state index contributed by atoms with van der Waals surface area (Å²) in [6.45, 7) is 8.72. The van der Waals surface area contributed by atoms with Crippen LogP contribution in [-0.2, 0) is 12.8 Å². The van der Waals surface area contributed by atoms with Crippen molar-refractivity contribution in [3.05, 3.63) is 77.6 Å². The molecule has 3 aromatic carbocycles. The van der Waals surface area contributed by atoms with E-state index in [0.717, 1.165) is 51.8 Å². The van der Waals surface area contributed by atoms with E-state index >= 15 is 0 Å². The Bertz CT molecular complexity index is 1800. The zero-order valence-electron chi connectivity index (χ0n) is 21.1. The number of fused-ring (bicyclic) bond motifs is 9. The second-order valence-electron chi connectivity index (χ2n) is 10.6. The lowest BCUT2D eigenvalue weighted by Crippen LogP contribution is -2.03. The zero-order valence-corrected chi connectivity index (χ0v) is 21.1. The highest BCUT2D eigenvalue weighted by atomic mass is 14.9. The smallest absolute Gasteiger partial charge is 0.109 e. The molecule has 3 heterocycles. The van der Waals surface area contributed by atoms with Crippen molar-refractivity contribution >= 4 is 32.7 Å². The fourth-order valence-corrected chi connectivity index (χ4v) is 5.59. The Hall–Kier alpha value is -3.99. The summed E-state index contributed by atoms with van der Waals surface area (Å²) >= 11 is 0. The highest BCUT2D eigenvalue weighted by molar-refractivity contribution is 6.22. The molecule has 0 saturated heterocycles. The first-order valence-electron chi connectivity index (χ1n) is 12.9. The molecule has 0 saturated carbocycles. The minimum absolute atomic E-state index is 0.334. The van der Waals surface area contributed by atoms with Crippen LogP contribution in [0.2, 0.25) is 0 Å². The molecule has 0 unspecified atom stereocenters. The molecule has 3 aromatic heterocycles.